The highest BCUT2D eigenvalue weighted by molar-refractivity contribution is 5.90. The van der Waals surface area contributed by atoms with E-state index in [-0.39, 0.29) is 0 Å². The average molecular weight is 224 g/mol. The first kappa shape index (κ1) is 10.0. The van der Waals surface area contributed by atoms with E-state index in [2.05, 4.69) is 9.97 Å². The molecule has 0 aliphatic carbocycles. The minimum absolute atomic E-state index is 0.806. The zero-order valence-corrected chi connectivity index (χ0v) is 9.77. The number of hydrogen-bond donors (Lipinski definition) is 0. The standard InChI is InChI=1S/C14H12N2O/c1-9-7-8-12-13(14(9)17-2)16-11-6-4-3-5-10(11)15-12/h3-8H,1-2H3. The number of nitrogens with zero attached hydrogens (tertiary/aromatic N) is 2. The maximum Gasteiger partial charge on any atom is 0.149 e. The fourth-order valence-electron chi connectivity index (χ4n) is 2.02. The Morgan fingerprint density at radius 2 is 1.59 bits per heavy atom. The number of aromatic nitrogens is 2. The van der Waals surface area contributed by atoms with Crippen molar-refractivity contribution in [1.29, 1.82) is 0 Å². The molecule has 0 spiro atoms. The quantitative estimate of drug-likeness (QED) is 0.596. The van der Waals surface area contributed by atoms with E-state index in [1.165, 1.54) is 0 Å². The molecule has 0 fully saturated rings. The van der Waals surface area contributed by atoms with Gasteiger partial charge in [-0.25, -0.2) is 9.97 Å². The smallest absolute Gasteiger partial charge is 0.149 e. The van der Waals surface area contributed by atoms with Crippen LogP contribution in [0.15, 0.2) is 36.4 Å². The normalized spacial score (nSPS) is 10.9. The number of benzene rings is 2. The predicted molar refractivity (Wildman–Crippen MR) is 68.3 cm³/mol. The molecule has 0 N–H and O–H groups in total. The summed E-state index contributed by atoms with van der Waals surface area (Å²) in [5.74, 6) is 0.806. The van der Waals surface area contributed by atoms with Crippen LogP contribution in [0, 0.1) is 6.92 Å². The van der Waals surface area contributed by atoms with Crippen molar-refractivity contribution >= 4 is 22.1 Å². The van der Waals surface area contributed by atoms with Crippen LogP contribution < -0.4 is 4.74 Å². The summed E-state index contributed by atoms with van der Waals surface area (Å²) in [7, 11) is 1.67. The van der Waals surface area contributed by atoms with Crippen LogP contribution in [0.5, 0.6) is 5.75 Å². The molecule has 0 aliphatic rings. The molecule has 0 atom stereocenters. The Bertz CT molecular complexity index is 707. The predicted octanol–water partition coefficient (Wildman–Crippen LogP) is 3.10. The lowest BCUT2D eigenvalue weighted by Crippen LogP contribution is -1.93. The van der Waals surface area contributed by atoms with Crippen molar-refractivity contribution < 1.29 is 4.74 Å². The molecule has 0 aliphatic heterocycles. The first-order valence-corrected chi connectivity index (χ1v) is 5.49. The number of rotatable bonds is 1. The number of hydrogen-bond acceptors (Lipinski definition) is 3. The molecular formula is C14H12N2O. The summed E-state index contributed by atoms with van der Waals surface area (Å²) in [5.41, 5.74) is 4.57. The summed E-state index contributed by atoms with van der Waals surface area (Å²) >= 11 is 0. The van der Waals surface area contributed by atoms with Gasteiger partial charge in [0, 0.05) is 0 Å². The Morgan fingerprint density at radius 1 is 0.882 bits per heavy atom. The Kier molecular flexibility index (Phi) is 2.18. The molecule has 0 unspecified atom stereocenters. The van der Waals surface area contributed by atoms with Crippen molar-refractivity contribution in [3.63, 3.8) is 0 Å². The van der Waals surface area contributed by atoms with Gasteiger partial charge < -0.3 is 4.74 Å². The van der Waals surface area contributed by atoms with E-state index >= 15 is 0 Å². The molecule has 3 rings (SSSR count). The van der Waals surface area contributed by atoms with E-state index in [0.717, 1.165) is 33.4 Å². The molecule has 3 nitrogen and oxygen atoms in total. The van der Waals surface area contributed by atoms with Crippen molar-refractivity contribution in [3.8, 4) is 5.75 Å². The lowest BCUT2D eigenvalue weighted by molar-refractivity contribution is 0.416. The average Bonchev–Trinajstić information content (AvgIpc) is 2.36. The van der Waals surface area contributed by atoms with Gasteiger partial charge in [0.1, 0.15) is 11.3 Å². The Hall–Kier alpha value is -2.16. The molecule has 0 bridgehead atoms. The molecular weight excluding hydrogens is 212 g/mol. The minimum atomic E-state index is 0.806. The first-order chi connectivity index (χ1) is 8.29. The highest BCUT2D eigenvalue weighted by Gasteiger charge is 2.08. The van der Waals surface area contributed by atoms with Gasteiger partial charge in [-0.3, -0.25) is 0 Å². The molecule has 1 aromatic heterocycles. The number of methoxy groups -OCH3 is 1. The monoisotopic (exact) mass is 224 g/mol. The van der Waals surface area contributed by atoms with Gasteiger partial charge >= 0.3 is 0 Å². The Morgan fingerprint density at radius 3 is 2.29 bits per heavy atom. The van der Waals surface area contributed by atoms with Crippen LogP contribution >= 0.6 is 0 Å². The van der Waals surface area contributed by atoms with Crippen LogP contribution in [0.2, 0.25) is 0 Å². The zero-order chi connectivity index (χ0) is 11.8. The highest BCUT2D eigenvalue weighted by atomic mass is 16.5. The summed E-state index contributed by atoms with van der Waals surface area (Å²) in [6.07, 6.45) is 0. The summed E-state index contributed by atoms with van der Waals surface area (Å²) in [4.78, 5) is 9.21. The first-order valence-electron chi connectivity index (χ1n) is 5.49. The van der Waals surface area contributed by atoms with Gasteiger partial charge in [-0.1, -0.05) is 18.2 Å². The lowest BCUT2D eigenvalue weighted by Gasteiger charge is -2.08. The van der Waals surface area contributed by atoms with Crippen LogP contribution in [-0.4, -0.2) is 17.1 Å². The summed E-state index contributed by atoms with van der Waals surface area (Å²) in [6, 6.07) is 11.8. The van der Waals surface area contributed by atoms with Gasteiger partial charge in [-0.2, -0.15) is 0 Å². The number of fused-ring (bicyclic) bond motifs is 2. The summed E-state index contributed by atoms with van der Waals surface area (Å²) in [5, 5.41) is 0. The van der Waals surface area contributed by atoms with Gasteiger partial charge in [0.05, 0.1) is 23.7 Å². The number of para-hydroxylation sites is 2. The van der Waals surface area contributed by atoms with Crippen molar-refractivity contribution in [3.05, 3.63) is 42.0 Å². The third-order valence-corrected chi connectivity index (χ3v) is 2.87. The van der Waals surface area contributed by atoms with E-state index in [9.17, 15) is 0 Å². The second-order valence-electron chi connectivity index (χ2n) is 4.00. The SMILES string of the molecule is COc1c(C)ccc2nc3ccccc3nc12. The van der Waals surface area contributed by atoms with Crippen LogP contribution in [0.3, 0.4) is 0 Å². The summed E-state index contributed by atoms with van der Waals surface area (Å²) in [6.45, 7) is 2.01. The fraction of sp³-hybridized carbons (Fsp3) is 0.143. The van der Waals surface area contributed by atoms with Crippen molar-refractivity contribution in [1.82, 2.24) is 9.97 Å². The van der Waals surface area contributed by atoms with E-state index in [4.69, 9.17) is 4.74 Å². The van der Waals surface area contributed by atoms with E-state index in [1.54, 1.807) is 7.11 Å². The van der Waals surface area contributed by atoms with Crippen LogP contribution in [0.1, 0.15) is 5.56 Å². The molecule has 3 aromatic rings. The Balaban J connectivity index is 2.47. The molecule has 3 heteroatoms. The maximum absolute atomic E-state index is 5.40. The van der Waals surface area contributed by atoms with E-state index < -0.39 is 0 Å². The maximum atomic E-state index is 5.40. The highest BCUT2D eigenvalue weighted by Crippen LogP contribution is 2.27. The molecule has 2 aromatic carbocycles. The van der Waals surface area contributed by atoms with Gasteiger partial charge in [-0.05, 0) is 30.7 Å². The second-order valence-corrected chi connectivity index (χ2v) is 4.00. The minimum Gasteiger partial charge on any atom is -0.494 e. The van der Waals surface area contributed by atoms with Crippen LogP contribution in [0.25, 0.3) is 22.1 Å². The lowest BCUT2D eigenvalue weighted by atomic mass is 10.1. The van der Waals surface area contributed by atoms with E-state index in [1.807, 2.05) is 43.3 Å². The molecule has 0 radical (unpaired) electrons. The Labute approximate surface area is 99.1 Å². The van der Waals surface area contributed by atoms with E-state index in [0.29, 0.717) is 0 Å². The van der Waals surface area contributed by atoms with Gasteiger partial charge in [0.25, 0.3) is 0 Å². The van der Waals surface area contributed by atoms with Gasteiger partial charge in [0.15, 0.2) is 0 Å². The number of ether oxygens (including phenoxy) is 1. The van der Waals surface area contributed by atoms with Crippen molar-refractivity contribution in [2.45, 2.75) is 6.92 Å². The van der Waals surface area contributed by atoms with Crippen molar-refractivity contribution in [2.24, 2.45) is 0 Å². The van der Waals surface area contributed by atoms with Crippen LogP contribution in [0.4, 0.5) is 0 Å². The summed E-state index contributed by atoms with van der Waals surface area (Å²) < 4.78 is 5.40. The van der Waals surface area contributed by atoms with Gasteiger partial charge in [0.2, 0.25) is 0 Å². The number of aryl methyl sites for hydroxylation is 1. The van der Waals surface area contributed by atoms with Gasteiger partial charge in [-0.15, -0.1) is 0 Å². The molecule has 1 heterocycles. The topological polar surface area (TPSA) is 35.0 Å². The third kappa shape index (κ3) is 1.51. The second kappa shape index (κ2) is 3.70. The molecule has 0 saturated heterocycles. The molecule has 0 amide bonds. The largest absolute Gasteiger partial charge is 0.494 e. The fourth-order valence-corrected chi connectivity index (χ4v) is 2.02. The molecule has 17 heavy (non-hydrogen) atoms. The third-order valence-electron chi connectivity index (χ3n) is 2.87. The molecule has 0 saturated carbocycles. The van der Waals surface area contributed by atoms with Crippen molar-refractivity contribution in [2.75, 3.05) is 7.11 Å². The van der Waals surface area contributed by atoms with Crippen LogP contribution in [-0.2, 0) is 0 Å². The molecule has 84 valence electrons. The zero-order valence-electron chi connectivity index (χ0n) is 9.77.